The van der Waals surface area contributed by atoms with E-state index in [-0.39, 0.29) is 59.2 Å². The summed E-state index contributed by atoms with van der Waals surface area (Å²) in [6.45, 7) is 1.93. The molecule has 1 fully saturated rings. The van der Waals surface area contributed by atoms with E-state index < -0.39 is 11.8 Å². The molecule has 4 rings (SSSR count). The van der Waals surface area contributed by atoms with E-state index in [0.717, 1.165) is 5.56 Å². The van der Waals surface area contributed by atoms with Crippen molar-refractivity contribution in [2.45, 2.75) is 19.8 Å². The molecule has 0 unspecified atom stereocenters. The van der Waals surface area contributed by atoms with Crippen molar-refractivity contribution in [3.05, 3.63) is 65.2 Å². The summed E-state index contributed by atoms with van der Waals surface area (Å²) in [7, 11) is 5.71. The van der Waals surface area contributed by atoms with Crippen molar-refractivity contribution in [1.82, 2.24) is 0 Å². The maximum atomic E-state index is 13.8. The number of ether oxygens (including phenoxy) is 4. The number of methoxy groups -OCH3 is 4. The van der Waals surface area contributed by atoms with Crippen molar-refractivity contribution in [3.8, 4) is 34.5 Å². The van der Waals surface area contributed by atoms with Crippen LogP contribution in [0.3, 0.4) is 0 Å². The normalized spacial score (nSPS) is 17.0. The molecule has 2 amide bonds. The summed E-state index contributed by atoms with van der Waals surface area (Å²) < 4.78 is 21.1. The third kappa shape index (κ3) is 4.91. The topological polar surface area (TPSA) is 115 Å². The summed E-state index contributed by atoms with van der Waals surface area (Å²) in [5.74, 6) is -1.55. The van der Waals surface area contributed by atoms with Crippen LogP contribution in [0.2, 0.25) is 0 Å². The predicted molar refractivity (Wildman–Crippen MR) is 140 cm³/mol. The third-order valence-corrected chi connectivity index (χ3v) is 6.84. The molecule has 3 aromatic rings. The van der Waals surface area contributed by atoms with E-state index in [9.17, 15) is 19.8 Å². The van der Waals surface area contributed by atoms with Crippen LogP contribution < -0.4 is 23.8 Å². The van der Waals surface area contributed by atoms with Crippen LogP contribution in [0, 0.1) is 18.8 Å². The molecule has 0 aromatic heterocycles. The maximum absolute atomic E-state index is 13.8. The number of aromatic hydroxyl groups is 2. The Morgan fingerprint density at radius 2 is 1.00 bits per heavy atom. The fraction of sp³-hybridized carbons (Fsp3) is 0.310. The van der Waals surface area contributed by atoms with Gasteiger partial charge in [0.05, 0.1) is 46.0 Å². The lowest BCUT2D eigenvalue weighted by Gasteiger charge is -2.18. The lowest BCUT2D eigenvalue weighted by molar-refractivity contribution is -0.122. The van der Waals surface area contributed by atoms with E-state index in [1.807, 2.05) is 19.1 Å². The van der Waals surface area contributed by atoms with E-state index in [1.165, 1.54) is 33.3 Å². The number of nitrogens with zero attached hydrogens (tertiary/aromatic N) is 1. The van der Waals surface area contributed by atoms with Gasteiger partial charge in [-0.3, -0.25) is 14.5 Å². The van der Waals surface area contributed by atoms with Crippen LogP contribution in [0.15, 0.2) is 48.5 Å². The number of carbonyl (C=O) groups excluding carboxylic acids is 2. The Hall–Kier alpha value is -4.40. The molecule has 0 spiro atoms. The van der Waals surface area contributed by atoms with Gasteiger partial charge in [0, 0.05) is 0 Å². The smallest absolute Gasteiger partial charge is 0.238 e. The van der Waals surface area contributed by atoms with E-state index in [1.54, 1.807) is 36.4 Å². The van der Waals surface area contributed by atoms with Crippen LogP contribution in [0.4, 0.5) is 5.69 Å². The van der Waals surface area contributed by atoms with Crippen molar-refractivity contribution >= 4 is 17.5 Å². The average Bonchev–Trinajstić information content (AvgIpc) is 3.14. The first-order chi connectivity index (χ1) is 18.2. The van der Waals surface area contributed by atoms with Crippen LogP contribution in [0.25, 0.3) is 0 Å². The van der Waals surface area contributed by atoms with Gasteiger partial charge in [-0.2, -0.15) is 0 Å². The van der Waals surface area contributed by atoms with Crippen molar-refractivity contribution in [1.29, 1.82) is 0 Å². The number of imide groups is 1. The lowest BCUT2D eigenvalue weighted by Crippen LogP contribution is -2.31. The van der Waals surface area contributed by atoms with Crippen molar-refractivity contribution in [3.63, 3.8) is 0 Å². The number of amides is 2. The number of phenols is 2. The minimum absolute atomic E-state index is 0.145. The number of phenolic OH excluding ortho intramolecular Hbond substituents is 2. The van der Waals surface area contributed by atoms with Crippen LogP contribution in [-0.2, 0) is 22.4 Å². The van der Waals surface area contributed by atoms with Crippen LogP contribution in [0.1, 0.15) is 16.7 Å². The Morgan fingerprint density at radius 1 is 0.658 bits per heavy atom. The summed E-state index contributed by atoms with van der Waals surface area (Å²) in [6, 6.07) is 13.7. The summed E-state index contributed by atoms with van der Waals surface area (Å²) in [5, 5.41) is 20.7. The Labute approximate surface area is 221 Å². The van der Waals surface area contributed by atoms with Gasteiger partial charge in [-0.1, -0.05) is 17.7 Å². The fourth-order valence-corrected chi connectivity index (χ4v) is 4.83. The lowest BCUT2D eigenvalue weighted by atomic mass is 9.84. The average molecular weight is 522 g/mol. The van der Waals surface area contributed by atoms with Gasteiger partial charge in [0.2, 0.25) is 23.3 Å². The first-order valence-corrected chi connectivity index (χ1v) is 12.0. The molecule has 3 aromatic carbocycles. The second-order valence-electron chi connectivity index (χ2n) is 9.17. The molecule has 1 aliphatic heterocycles. The molecule has 1 saturated heterocycles. The van der Waals surface area contributed by atoms with Gasteiger partial charge in [0.1, 0.15) is 0 Å². The van der Waals surface area contributed by atoms with Gasteiger partial charge < -0.3 is 29.2 Å². The Balaban J connectivity index is 1.76. The second-order valence-corrected chi connectivity index (χ2v) is 9.17. The number of anilines is 1. The predicted octanol–water partition coefficient (Wildman–Crippen LogP) is 4.03. The summed E-state index contributed by atoms with van der Waals surface area (Å²) in [5.41, 5.74) is 2.84. The number of aryl methyl sites for hydroxylation is 1. The van der Waals surface area contributed by atoms with E-state index >= 15 is 0 Å². The van der Waals surface area contributed by atoms with E-state index in [0.29, 0.717) is 16.8 Å². The van der Waals surface area contributed by atoms with E-state index in [2.05, 4.69) is 0 Å². The number of carbonyl (C=O) groups is 2. The third-order valence-electron chi connectivity index (χ3n) is 6.84. The van der Waals surface area contributed by atoms with E-state index in [4.69, 9.17) is 18.9 Å². The standard InChI is InChI=1S/C29H31NO8/c1-16-6-8-19(9-7-16)30-28(33)20(10-17-12-22(35-2)26(31)23(13-17)36-3)21(29(30)34)11-18-14-24(37-4)27(32)25(15-18)38-5/h6-9,12-15,20-21,31-32H,10-11H2,1-5H3/t20-,21-/m1/s1. The molecule has 0 bridgehead atoms. The number of benzene rings is 3. The summed E-state index contributed by atoms with van der Waals surface area (Å²) >= 11 is 0. The van der Waals surface area contributed by atoms with Crippen LogP contribution in [-0.4, -0.2) is 50.5 Å². The zero-order valence-corrected chi connectivity index (χ0v) is 22.0. The molecule has 9 nitrogen and oxygen atoms in total. The molecule has 200 valence electrons. The molecular formula is C29H31NO8. The number of rotatable bonds is 9. The van der Waals surface area contributed by atoms with Crippen molar-refractivity contribution in [2.24, 2.45) is 11.8 Å². The highest BCUT2D eigenvalue weighted by atomic mass is 16.5. The van der Waals surface area contributed by atoms with Gasteiger partial charge in [0.15, 0.2) is 23.0 Å². The summed E-state index contributed by atoms with van der Waals surface area (Å²) in [6.07, 6.45) is 0.411. The van der Waals surface area contributed by atoms with Crippen molar-refractivity contribution in [2.75, 3.05) is 33.3 Å². The van der Waals surface area contributed by atoms with Gasteiger partial charge in [-0.05, 0) is 67.3 Å². The molecule has 9 heteroatoms. The zero-order valence-electron chi connectivity index (χ0n) is 22.0. The van der Waals surface area contributed by atoms with Gasteiger partial charge in [-0.15, -0.1) is 0 Å². The Bertz CT molecular complexity index is 1220. The molecular weight excluding hydrogens is 490 g/mol. The highest BCUT2D eigenvalue weighted by molar-refractivity contribution is 6.22. The zero-order chi connectivity index (χ0) is 27.6. The van der Waals surface area contributed by atoms with Crippen molar-refractivity contribution < 1.29 is 38.7 Å². The molecule has 1 aliphatic rings. The largest absolute Gasteiger partial charge is 0.502 e. The van der Waals surface area contributed by atoms with Gasteiger partial charge in [0.25, 0.3) is 0 Å². The molecule has 2 atom stereocenters. The Kier molecular flexibility index (Phi) is 7.66. The molecule has 0 aliphatic carbocycles. The second kappa shape index (κ2) is 10.9. The molecule has 38 heavy (non-hydrogen) atoms. The SMILES string of the molecule is COc1cc(C[C@H]2C(=O)N(c3ccc(C)cc3)C(=O)[C@@H]2Cc2cc(OC)c(O)c(OC)c2)cc(OC)c1O. The first-order valence-electron chi connectivity index (χ1n) is 12.0. The number of hydrogen-bond acceptors (Lipinski definition) is 8. The highest BCUT2D eigenvalue weighted by Crippen LogP contribution is 2.42. The highest BCUT2D eigenvalue weighted by Gasteiger charge is 2.48. The minimum Gasteiger partial charge on any atom is -0.502 e. The van der Waals surface area contributed by atoms with Crippen LogP contribution in [0.5, 0.6) is 34.5 Å². The van der Waals surface area contributed by atoms with Gasteiger partial charge >= 0.3 is 0 Å². The van der Waals surface area contributed by atoms with Crippen LogP contribution >= 0.6 is 0 Å². The first kappa shape index (κ1) is 26.7. The monoisotopic (exact) mass is 521 g/mol. The maximum Gasteiger partial charge on any atom is 0.238 e. The number of hydrogen-bond donors (Lipinski definition) is 2. The minimum atomic E-state index is -0.714. The quantitative estimate of drug-likeness (QED) is 0.406. The molecule has 0 radical (unpaired) electrons. The molecule has 2 N–H and O–H groups in total. The Morgan fingerprint density at radius 3 is 1.32 bits per heavy atom. The van der Waals surface area contributed by atoms with Gasteiger partial charge in [-0.25, -0.2) is 0 Å². The molecule has 0 saturated carbocycles. The molecule has 1 heterocycles. The fourth-order valence-electron chi connectivity index (χ4n) is 4.83. The summed E-state index contributed by atoms with van der Waals surface area (Å²) in [4.78, 5) is 28.8.